The molecule has 0 amide bonds. The Balaban J connectivity index is 0.000000338. The minimum absolute atomic E-state index is 0.00676. The molecule has 0 saturated heterocycles. The average Bonchev–Trinajstić information content (AvgIpc) is 2.53. The first kappa shape index (κ1) is 17.3. The summed E-state index contributed by atoms with van der Waals surface area (Å²) >= 11 is 0. The molecule has 1 aliphatic heterocycles. The summed E-state index contributed by atoms with van der Waals surface area (Å²) in [7, 11) is -4.94. The first-order valence-corrected chi connectivity index (χ1v) is 8.01. The number of hydrogen-bond donors (Lipinski definition) is 1. The van der Waals surface area contributed by atoms with Crippen molar-refractivity contribution in [2.24, 2.45) is 5.92 Å². The first-order chi connectivity index (χ1) is 10.8. The van der Waals surface area contributed by atoms with Gasteiger partial charge in [0.25, 0.3) is 5.82 Å². The van der Waals surface area contributed by atoms with Gasteiger partial charge in [-0.1, -0.05) is 36.4 Å². The van der Waals surface area contributed by atoms with Gasteiger partial charge in [0.15, 0.2) is 5.78 Å². The van der Waals surface area contributed by atoms with E-state index in [-0.39, 0.29) is 11.7 Å². The number of ketones is 1. The van der Waals surface area contributed by atoms with E-state index in [0.29, 0.717) is 6.54 Å². The highest BCUT2D eigenvalue weighted by Gasteiger charge is 2.29. The van der Waals surface area contributed by atoms with Crippen molar-refractivity contribution in [2.45, 2.75) is 6.54 Å². The fourth-order valence-electron chi connectivity index (χ4n) is 2.34. The molecule has 2 heterocycles. The number of halogens is 1. The fraction of sp³-hybridized carbons (Fsp3) is 0.200. The van der Waals surface area contributed by atoms with E-state index in [1.54, 1.807) is 0 Å². The molecule has 3 rings (SSSR count). The van der Waals surface area contributed by atoms with E-state index in [2.05, 4.69) is 9.88 Å². The van der Waals surface area contributed by atoms with Crippen molar-refractivity contribution in [2.75, 3.05) is 11.9 Å². The van der Waals surface area contributed by atoms with Crippen molar-refractivity contribution < 1.29 is 38.2 Å². The van der Waals surface area contributed by atoms with E-state index < -0.39 is 10.2 Å². The molecule has 0 fully saturated rings. The van der Waals surface area contributed by atoms with Crippen molar-refractivity contribution in [1.29, 1.82) is 0 Å². The zero-order valence-corrected chi connectivity index (χ0v) is 12.8. The number of pyridine rings is 1. The highest BCUT2D eigenvalue weighted by molar-refractivity contribution is 5.98. The Morgan fingerprint density at radius 1 is 1.04 bits per heavy atom. The predicted octanol–water partition coefficient (Wildman–Crippen LogP) is -2.86. The van der Waals surface area contributed by atoms with Crippen molar-refractivity contribution in [3.05, 3.63) is 60.3 Å². The van der Waals surface area contributed by atoms with E-state index in [1.165, 1.54) is 0 Å². The molecule has 23 heavy (non-hydrogen) atoms. The van der Waals surface area contributed by atoms with Gasteiger partial charge in [0.2, 0.25) is 0 Å². The third-order valence-electron chi connectivity index (χ3n) is 3.32. The number of nitrogens with zero attached hydrogens (tertiary/aromatic N) is 1. The standard InChI is InChI=1S/C15H14N2O.ClHO4/c18-15(12-6-2-1-3-7-12)13-10-16-14-8-4-5-9-17(14)11-13;2-1(3,4)5/h1-9,13H,10-11H2;(H,2,3,4,5). The molecule has 0 radical (unpaired) electrons. The molecule has 2 aromatic rings. The zero-order valence-electron chi connectivity index (χ0n) is 12.1. The molecular formula is C15H15ClN2O5. The van der Waals surface area contributed by atoms with Crippen LogP contribution in [0.15, 0.2) is 54.7 Å². The van der Waals surface area contributed by atoms with E-state index >= 15 is 0 Å². The maximum atomic E-state index is 12.4. The highest BCUT2D eigenvalue weighted by Crippen LogP contribution is 2.14. The van der Waals surface area contributed by atoms with Crippen LogP contribution in [-0.2, 0) is 6.54 Å². The van der Waals surface area contributed by atoms with Gasteiger partial charge in [0.1, 0.15) is 6.54 Å². The normalized spacial score (nSPS) is 16.4. The van der Waals surface area contributed by atoms with E-state index in [1.807, 2.05) is 54.7 Å². The minimum Gasteiger partial charge on any atom is -0.294 e. The number of benzene rings is 1. The monoisotopic (exact) mass is 338 g/mol. The Morgan fingerprint density at radius 2 is 1.65 bits per heavy atom. The molecule has 0 aliphatic carbocycles. The van der Waals surface area contributed by atoms with E-state index in [0.717, 1.165) is 17.9 Å². The topological polar surface area (TPSA) is 125 Å². The van der Waals surface area contributed by atoms with Crippen LogP contribution >= 0.6 is 0 Å². The molecule has 7 nitrogen and oxygen atoms in total. The molecule has 1 aromatic carbocycles. The fourth-order valence-corrected chi connectivity index (χ4v) is 2.34. The maximum Gasteiger partial charge on any atom is 0.274 e. The van der Waals surface area contributed by atoms with Crippen molar-refractivity contribution in [3.8, 4) is 0 Å². The van der Waals surface area contributed by atoms with Gasteiger partial charge in [-0.05, 0) is 6.07 Å². The maximum absolute atomic E-state index is 12.4. The van der Waals surface area contributed by atoms with Crippen molar-refractivity contribution >= 4 is 11.6 Å². The Morgan fingerprint density at radius 3 is 2.30 bits per heavy atom. The zero-order chi connectivity index (χ0) is 16.9. The number of anilines is 1. The Kier molecular flexibility index (Phi) is 5.64. The number of carbonyl (C=O) groups is 1. The second-order valence-electron chi connectivity index (χ2n) is 4.92. The molecule has 1 aliphatic rings. The Labute approximate surface area is 135 Å². The number of Topliss-reactive ketones (excluding diaryl/α,β-unsaturated/α-hetero) is 1. The summed E-state index contributed by atoms with van der Waals surface area (Å²) in [6, 6.07) is 15.5. The molecule has 0 bridgehead atoms. The molecular weight excluding hydrogens is 324 g/mol. The van der Waals surface area contributed by atoms with Crippen LogP contribution in [0.25, 0.3) is 0 Å². The van der Waals surface area contributed by atoms with E-state index in [4.69, 9.17) is 18.6 Å². The van der Waals surface area contributed by atoms with Gasteiger partial charge in [0, 0.05) is 11.6 Å². The molecule has 0 spiro atoms. The van der Waals surface area contributed by atoms with Crippen LogP contribution in [0.5, 0.6) is 0 Å². The number of carbonyl (C=O) groups excluding carboxylic acids is 1. The molecule has 1 N–H and O–H groups in total. The molecule has 0 saturated carbocycles. The summed E-state index contributed by atoms with van der Waals surface area (Å²) in [6.07, 6.45) is 2.01. The molecule has 8 heteroatoms. The number of hydrogen-bond acceptors (Lipinski definition) is 6. The van der Waals surface area contributed by atoms with Crippen LogP contribution in [0.3, 0.4) is 0 Å². The lowest BCUT2D eigenvalue weighted by Gasteiger charge is -2.20. The number of nitrogens with one attached hydrogen (secondary N) is 1. The Bertz CT molecular complexity index is 654. The van der Waals surface area contributed by atoms with Gasteiger partial charge in [-0.2, -0.15) is 0 Å². The SMILES string of the molecule is O=C(c1ccccc1)C1CNc2cccc[n+]2C1.[O-][Cl+3]([O-])([O-])[O-]. The summed E-state index contributed by atoms with van der Waals surface area (Å²) in [5.74, 6) is 1.30. The smallest absolute Gasteiger partial charge is 0.274 e. The highest BCUT2D eigenvalue weighted by atomic mass is 35.7. The van der Waals surface area contributed by atoms with Gasteiger partial charge in [0.05, 0.1) is 18.7 Å². The lowest BCUT2D eigenvalue weighted by Crippen LogP contribution is -2.68. The van der Waals surface area contributed by atoms with E-state index in [9.17, 15) is 4.79 Å². The molecule has 1 atom stereocenters. The number of aromatic nitrogens is 1. The van der Waals surface area contributed by atoms with Crippen LogP contribution in [0.4, 0.5) is 5.82 Å². The largest absolute Gasteiger partial charge is 0.294 e. The minimum atomic E-state index is -4.94. The van der Waals surface area contributed by atoms with Gasteiger partial charge >= 0.3 is 0 Å². The summed E-state index contributed by atoms with van der Waals surface area (Å²) in [4.78, 5) is 12.4. The molecule has 1 aromatic heterocycles. The summed E-state index contributed by atoms with van der Waals surface area (Å²) in [5, 5.41) is 3.31. The van der Waals surface area contributed by atoms with Crippen LogP contribution in [-0.4, -0.2) is 12.3 Å². The van der Waals surface area contributed by atoms with Gasteiger partial charge in [-0.25, -0.2) is 23.2 Å². The van der Waals surface area contributed by atoms with Crippen LogP contribution in [0.1, 0.15) is 10.4 Å². The summed E-state index contributed by atoms with van der Waals surface area (Å²) in [5.41, 5.74) is 0.796. The molecule has 122 valence electrons. The summed E-state index contributed by atoms with van der Waals surface area (Å²) < 4.78 is 36.1. The third kappa shape index (κ3) is 5.59. The van der Waals surface area contributed by atoms with Crippen molar-refractivity contribution in [3.63, 3.8) is 0 Å². The van der Waals surface area contributed by atoms with Crippen LogP contribution in [0.2, 0.25) is 0 Å². The predicted molar refractivity (Wildman–Crippen MR) is 69.4 cm³/mol. The van der Waals surface area contributed by atoms with Crippen LogP contribution in [0, 0.1) is 16.2 Å². The average molecular weight is 339 g/mol. The van der Waals surface area contributed by atoms with Crippen molar-refractivity contribution in [1.82, 2.24) is 0 Å². The second-order valence-corrected chi connectivity index (χ2v) is 5.68. The van der Waals surface area contributed by atoms with Crippen LogP contribution < -0.4 is 28.5 Å². The number of rotatable bonds is 2. The second kappa shape index (κ2) is 7.49. The summed E-state index contributed by atoms with van der Waals surface area (Å²) in [6.45, 7) is 1.45. The number of fused-ring (bicyclic) bond motifs is 1. The molecule has 1 unspecified atom stereocenters. The van der Waals surface area contributed by atoms with Gasteiger partial charge in [-0.3, -0.25) is 10.1 Å². The lowest BCUT2D eigenvalue weighted by atomic mass is 9.96. The quantitative estimate of drug-likeness (QED) is 0.464. The lowest BCUT2D eigenvalue weighted by molar-refractivity contribution is -2.00. The van der Waals surface area contributed by atoms with Gasteiger partial charge < -0.3 is 0 Å². The Hall–Kier alpha value is -2.03. The third-order valence-corrected chi connectivity index (χ3v) is 3.32. The van der Waals surface area contributed by atoms with Gasteiger partial charge in [-0.15, -0.1) is 10.2 Å². The first-order valence-electron chi connectivity index (χ1n) is 6.78.